The van der Waals surface area contributed by atoms with Crippen molar-refractivity contribution in [1.82, 2.24) is 9.55 Å². The summed E-state index contributed by atoms with van der Waals surface area (Å²) in [5.74, 6) is 1.29. The Bertz CT molecular complexity index is 944. The highest BCUT2D eigenvalue weighted by atomic mass is 19.1. The maximum Gasteiger partial charge on any atom is 0.203 e. The molecule has 0 unspecified atom stereocenters. The summed E-state index contributed by atoms with van der Waals surface area (Å²) in [6, 6.07) is 8.43. The van der Waals surface area contributed by atoms with Crippen LogP contribution in [-0.4, -0.2) is 38.0 Å². The number of hydrogen-bond acceptors (Lipinski definition) is 5. The lowest BCUT2D eigenvalue weighted by Gasteiger charge is -2.15. The number of hydrogen-bond donors (Lipinski definition) is 0. The van der Waals surface area contributed by atoms with Gasteiger partial charge in [0.05, 0.1) is 46.2 Å². The molecule has 0 saturated heterocycles. The van der Waals surface area contributed by atoms with Crippen molar-refractivity contribution in [3.05, 3.63) is 42.5 Å². The van der Waals surface area contributed by atoms with Crippen LogP contribution in [0, 0.1) is 5.82 Å². The summed E-state index contributed by atoms with van der Waals surface area (Å²) in [4.78, 5) is 4.46. The van der Waals surface area contributed by atoms with Crippen molar-refractivity contribution in [3.8, 4) is 45.5 Å². The molecule has 0 atom stereocenters. The molecular weight excluding hydrogens is 351 g/mol. The number of rotatable bonds is 6. The lowest BCUT2D eigenvalue weighted by Crippen LogP contribution is -1.98. The third-order valence-electron chi connectivity index (χ3n) is 4.30. The molecule has 7 heteroatoms. The van der Waals surface area contributed by atoms with Crippen LogP contribution in [0.2, 0.25) is 0 Å². The van der Waals surface area contributed by atoms with Crippen LogP contribution in [0.5, 0.6) is 23.0 Å². The highest BCUT2D eigenvalue weighted by Crippen LogP contribution is 2.43. The molecule has 0 amide bonds. The highest BCUT2D eigenvalue weighted by molar-refractivity contribution is 5.81. The molecule has 0 bridgehead atoms. The molecule has 2 aromatic carbocycles. The molecule has 0 radical (unpaired) electrons. The van der Waals surface area contributed by atoms with Gasteiger partial charge in [0.2, 0.25) is 5.75 Å². The van der Waals surface area contributed by atoms with Crippen molar-refractivity contribution in [2.24, 2.45) is 7.05 Å². The quantitative estimate of drug-likeness (QED) is 0.656. The first-order valence-corrected chi connectivity index (χ1v) is 8.19. The number of benzene rings is 2. The molecule has 27 heavy (non-hydrogen) atoms. The Labute approximate surface area is 157 Å². The smallest absolute Gasteiger partial charge is 0.203 e. The van der Waals surface area contributed by atoms with E-state index in [2.05, 4.69) is 4.98 Å². The zero-order chi connectivity index (χ0) is 19.6. The molecule has 3 aromatic rings. The van der Waals surface area contributed by atoms with Crippen molar-refractivity contribution >= 4 is 0 Å². The van der Waals surface area contributed by atoms with Gasteiger partial charge < -0.3 is 23.5 Å². The van der Waals surface area contributed by atoms with E-state index in [1.165, 1.54) is 13.2 Å². The Morgan fingerprint density at radius 2 is 1.44 bits per heavy atom. The minimum atomic E-state index is -0.448. The molecule has 6 nitrogen and oxygen atoms in total. The zero-order valence-electron chi connectivity index (χ0n) is 15.9. The van der Waals surface area contributed by atoms with Crippen molar-refractivity contribution in [2.45, 2.75) is 0 Å². The number of halogens is 1. The second-order valence-electron chi connectivity index (χ2n) is 5.82. The van der Waals surface area contributed by atoms with Gasteiger partial charge in [0.25, 0.3) is 0 Å². The summed E-state index contributed by atoms with van der Waals surface area (Å²) in [6.45, 7) is 0. The number of aryl methyl sites for hydroxylation is 1. The predicted octanol–water partition coefficient (Wildman–Crippen LogP) is 3.93. The average Bonchev–Trinajstić information content (AvgIpc) is 3.08. The SMILES string of the molecule is COc1ccc(-c2ncn(C)c2-c2cc(OC)c(OC)c(OC)c2)cc1F. The zero-order valence-corrected chi connectivity index (χ0v) is 15.9. The van der Waals surface area contributed by atoms with Gasteiger partial charge in [-0.1, -0.05) is 0 Å². The van der Waals surface area contributed by atoms with E-state index in [0.717, 1.165) is 11.3 Å². The first-order chi connectivity index (χ1) is 13.0. The van der Waals surface area contributed by atoms with Crippen LogP contribution in [0.25, 0.3) is 22.5 Å². The Morgan fingerprint density at radius 1 is 0.815 bits per heavy atom. The van der Waals surface area contributed by atoms with Crippen molar-refractivity contribution in [3.63, 3.8) is 0 Å². The van der Waals surface area contributed by atoms with Gasteiger partial charge in [-0.25, -0.2) is 9.37 Å². The van der Waals surface area contributed by atoms with Crippen LogP contribution >= 0.6 is 0 Å². The number of ether oxygens (including phenoxy) is 4. The monoisotopic (exact) mass is 372 g/mol. The Kier molecular flexibility index (Phi) is 5.21. The molecule has 0 aliphatic rings. The Hall–Kier alpha value is -3.22. The van der Waals surface area contributed by atoms with E-state index in [1.807, 2.05) is 23.7 Å². The lowest BCUT2D eigenvalue weighted by atomic mass is 10.0. The summed E-state index contributed by atoms with van der Waals surface area (Å²) >= 11 is 0. The summed E-state index contributed by atoms with van der Waals surface area (Å²) in [6.07, 6.45) is 1.68. The van der Waals surface area contributed by atoms with E-state index in [9.17, 15) is 4.39 Å². The van der Waals surface area contributed by atoms with Crippen LogP contribution in [0.3, 0.4) is 0 Å². The molecule has 0 aliphatic heterocycles. The van der Waals surface area contributed by atoms with Gasteiger partial charge in [-0.05, 0) is 30.3 Å². The fraction of sp³-hybridized carbons (Fsp3) is 0.250. The summed E-state index contributed by atoms with van der Waals surface area (Å²) < 4.78 is 37.3. The fourth-order valence-electron chi connectivity index (χ4n) is 3.01. The van der Waals surface area contributed by atoms with E-state index < -0.39 is 5.82 Å². The van der Waals surface area contributed by atoms with Gasteiger partial charge >= 0.3 is 0 Å². The summed E-state index contributed by atoms with van der Waals surface area (Å²) in [5, 5.41) is 0. The molecule has 142 valence electrons. The largest absolute Gasteiger partial charge is 0.494 e. The molecule has 0 aliphatic carbocycles. The predicted molar refractivity (Wildman–Crippen MR) is 100 cm³/mol. The van der Waals surface area contributed by atoms with Crippen LogP contribution in [-0.2, 0) is 7.05 Å². The second kappa shape index (κ2) is 7.57. The molecule has 3 rings (SSSR count). The molecular formula is C20H21FN2O4. The first-order valence-electron chi connectivity index (χ1n) is 8.19. The Balaban J connectivity index is 2.19. The van der Waals surface area contributed by atoms with Gasteiger partial charge in [-0.2, -0.15) is 0 Å². The average molecular weight is 372 g/mol. The maximum absolute atomic E-state index is 14.2. The van der Waals surface area contributed by atoms with Gasteiger partial charge in [0, 0.05) is 18.2 Å². The van der Waals surface area contributed by atoms with Crippen LogP contribution in [0.1, 0.15) is 0 Å². The third-order valence-corrected chi connectivity index (χ3v) is 4.30. The van der Waals surface area contributed by atoms with Gasteiger partial charge in [0.1, 0.15) is 0 Å². The maximum atomic E-state index is 14.2. The molecule has 0 fully saturated rings. The van der Waals surface area contributed by atoms with Crippen molar-refractivity contribution in [1.29, 1.82) is 0 Å². The van der Waals surface area contributed by atoms with E-state index in [1.54, 1.807) is 39.8 Å². The lowest BCUT2D eigenvalue weighted by molar-refractivity contribution is 0.324. The third kappa shape index (κ3) is 3.28. The fourth-order valence-corrected chi connectivity index (χ4v) is 3.01. The number of nitrogens with zero attached hydrogens (tertiary/aromatic N) is 2. The topological polar surface area (TPSA) is 54.7 Å². The van der Waals surface area contributed by atoms with Crippen LogP contribution in [0.4, 0.5) is 4.39 Å². The van der Waals surface area contributed by atoms with E-state index in [-0.39, 0.29) is 5.75 Å². The molecule has 1 heterocycles. The number of methoxy groups -OCH3 is 4. The Morgan fingerprint density at radius 3 is 1.96 bits per heavy atom. The number of aromatic nitrogens is 2. The van der Waals surface area contributed by atoms with Crippen molar-refractivity contribution < 1.29 is 23.3 Å². The summed E-state index contributed by atoms with van der Waals surface area (Å²) in [7, 11) is 7.97. The van der Waals surface area contributed by atoms with E-state index >= 15 is 0 Å². The normalized spacial score (nSPS) is 10.6. The highest BCUT2D eigenvalue weighted by Gasteiger charge is 2.20. The van der Waals surface area contributed by atoms with E-state index in [4.69, 9.17) is 18.9 Å². The second-order valence-corrected chi connectivity index (χ2v) is 5.82. The van der Waals surface area contributed by atoms with Gasteiger partial charge in [-0.3, -0.25) is 0 Å². The summed E-state index contributed by atoms with van der Waals surface area (Å²) in [5.41, 5.74) is 2.86. The molecule has 0 spiro atoms. The molecule has 0 saturated carbocycles. The van der Waals surface area contributed by atoms with Crippen molar-refractivity contribution in [2.75, 3.05) is 28.4 Å². The first kappa shape index (κ1) is 18.6. The minimum Gasteiger partial charge on any atom is -0.494 e. The van der Waals surface area contributed by atoms with Crippen LogP contribution < -0.4 is 18.9 Å². The van der Waals surface area contributed by atoms with Gasteiger partial charge in [-0.15, -0.1) is 0 Å². The minimum absolute atomic E-state index is 0.184. The number of imidazole rings is 1. The van der Waals surface area contributed by atoms with Gasteiger partial charge in [0.15, 0.2) is 23.1 Å². The standard InChI is InChI=1S/C20H21FN2O4/c1-23-11-22-18(12-6-7-15(24-2)14(21)8-12)19(23)13-9-16(25-3)20(27-5)17(10-13)26-4/h6-11H,1-5H3. The van der Waals surface area contributed by atoms with Crippen LogP contribution in [0.15, 0.2) is 36.7 Å². The molecule has 0 N–H and O–H groups in total. The van der Waals surface area contributed by atoms with E-state index in [0.29, 0.717) is 28.5 Å². The molecule has 1 aromatic heterocycles.